The lowest BCUT2D eigenvalue weighted by Gasteiger charge is -2.43. The molecular weight excluding hydrogens is 280 g/mol. The van der Waals surface area contributed by atoms with Crippen LogP contribution in [0, 0.1) is 17.8 Å². The molecule has 2 atom stereocenters. The molecule has 0 aliphatic heterocycles. The quantitative estimate of drug-likeness (QED) is 0.858. The Kier molecular flexibility index (Phi) is 4.76. The highest BCUT2D eigenvalue weighted by Crippen LogP contribution is 2.41. The summed E-state index contributed by atoms with van der Waals surface area (Å²) >= 11 is 0. The Balaban J connectivity index is 1.46. The van der Waals surface area contributed by atoms with E-state index in [1.165, 1.54) is 19.3 Å². The number of carbonyl (C=O) groups excluding carboxylic acids is 1. The van der Waals surface area contributed by atoms with Crippen molar-refractivity contribution in [3.05, 3.63) is 11.7 Å². The van der Waals surface area contributed by atoms with E-state index in [-0.39, 0.29) is 11.8 Å². The number of hydrogen-bond acceptors (Lipinski definition) is 5. The van der Waals surface area contributed by atoms with Gasteiger partial charge < -0.3 is 15.6 Å². The molecule has 1 aromatic rings. The number of nitrogens with two attached hydrogens (primary N) is 1. The summed E-state index contributed by atoms with van der Waals surface area (Å²) in [6.45, 7) is 2.54. The van der Waals surface area contributed by atoms with Crippen LogP contribution in [0.3, 0.4) is 0 Å². The first-order valence-corrected chi connectivity index (χ1v) is 8.52. The van der Waals surface area contributed by atoms with Crippen LogP contribution in [0.2, 0.25) is 0 Å². The largest absolute Gasteiger partial charge is 0.355 e. The van der Waals surface area contributed by atoms with E-state index in [2.05, 4.69) is 15.5 Å². The minimum Gasteiger partial charge on any atom is -0.355 e. The van der Waals surface area contributed by atoms with E-state index in [1.54, 1.807) is 0 Å². The predicted octanol–water partition coefficient (Wildman–Crippen LogP) is 1.44. The zero-order chi connectivity index (χ0) is 15.5. The van der Waals surface area contributed by atoms with E-state index in [0.717, 1.165) is 19.3 Å². The maximum Gasteiger partial charge on any atom is 0.226 e. The van der Waals surface area contributed by atoms with Gasteiger partial charge in [-0.1, -0.05) is 18.5 Å². The molecule has 2 fully saturated rings. The minimum absolute atomic E-state index is 0.131. The van der Waals surface area contributed by atoms with E-state index in [4.69, 9.17) is 10.3 Å². The molecule has 2 aliphatic carbocycles. The Hall–Kier alpha value is -1.43. The number of carbonyl (C=O) groups is 1. The Morgan fingerprint density at radius 1 is 1.36 bits per heavy atom. The Morgan fingerprint density at radius 2 is 2.09 bits per heavy atom. The second-order valence-corrected chi connectivity index (χ2v) is 6.70. The molecule has 3 rings (SSSR count). The van der Waals surface area contributed by atoms with Gasteiger partial charge in [-0.25, -0.2) is 0 Å². The molecule has 22 heavy (non-hydrogen) atoms. The van der Waals surface area contributed by atoms with Gasteiger partial charge in [-0.2, -0.15) is 4.98 Å². The summed E-state index contributed by atoms with van der Waals surface area (Å²) in [7, 11) is 0. The van der Waals surface area contributed by atoms with E-state index >= 15 is 0 Å². The second-order valence-electron chi connectivity index (χ2n) is 6.70. The molecule has 0 aromatic carbocycles. The van der Waals surface area contributed by atoms with Crippen LogP contribution < -0.4 is 11.1 Å². The van der Waals surface area contributed by atoms with Gasteiger partial charge in [-0.05, 0) is 37.5 Å². The van der Waals surface area contributed by atoms with Gasteiger partial charge in [0.05, 0.1) is 0 Å². The minimum atomic E-state index is 0.131. The lowest BCUT2D eigenvalue weighted by molar-refractivity contribution is -0.127. The first kappa shape index (κ1) is 15.5. The summed E-state index contributed by atoms with van der Waals surface area (Å²) in [6, 6.07) is 0.310. The molecule has 1 amide bonds. The van der Waals surface area contributed by atoms with Gasteiger partial charge in [0, 0.05) is 31.3 Å². The summed E-state index contributed by atoms with van der Waals surface area (Å²) in [5.74, 6) is 2.69. The highest BCUT2D eigenvalue weighted by Gasteiger charge is 2.40. The number of nitrogens with zero attached hydrogens (tertiary/aromatic N) is 2. The smallest absolute Gasteiger partial charge is 0.226 e. The maximum atomic E-state index is 12.4. The average Bonchev–Trinajstić information content (AvgIpc) is 2.95. The zero-order valence-electron chi connectivity index (χ0n) is 13.3. The molecular formula is C16H26N4O2. The number of aromatic nitrogens is 2. The summed E-state index contributed by atoms with van der Waals surface area (Å²) in [5, 5.41) is 6.93. The first-order valence-electron chi connectivity index (χ1n) is 8.52. The van der Waals surface area contributed by atoms with E-state index in [1.807, 2.05) is 6.92 Å². The average molecular weight is 306 g/mol. The van der Waals surface area contributed by atoms with Crippen LogP contribution in [-0.2, 0) is 17.6 Å². The van der Waals surface area contributed by atoms with Crippen molar-refractivity contribution >= 4 is 5.91 Å². The van der Waals surface area contributed by atoms with Crippen LogP contribution in [0.1, 0.15) is 50.7 Å². The summed E-state index contributed by atoms with van der Waals surface area (Å²) in [6.07, 6.45) is 6.90. The molecule has 2 unspecified atom stereocenters. The molecule has 1 heterocycles. The van der Waals surface area contributed by atoms with Crippen molar-refractivity contribution in [2.45, 2.75) is 57.9 Å². The predicted molar refractivity (Wildman–Crippen MR) is 81.9 cm³/mol. The Bertz CT molecular complexity index is 502. The van der Waals surface area contributed by atoms with Crippen molar-refractivity contribution in [2.75, 3.05) is 6.54 Å². The molecule has 6 nitrogen and oxygen atoms in total. The number of fused-ring (bicyclic) bond motifs is 2. The van der Waals surface area contributed by atoms with E-state index in [0.29, 0.717) is 42.6 Å². The number of nitrogens with one attached hydrogen (secondary N) is 1. The van der Waals surface area contributed by atoms with Crippen molar-refractivity contribution < 1.29 is 9.32 Å². The third-order valence-corrected chi connectivity index (χ3v) is 5.24. The fourth-order valence-electron chi connectivity index (χ4n) is 3.98. The lowest BCUT2D eigenvalue weighted by Crippen LogP contribution is -2.49. The van der Waals surface area contributed by atoms with Gasteiger partial charge >= 0.3 is 0 Å². The fourth-order valence-corrected chi connectivity index (χ4v) is 3.98. The Labute approximate surface area is 131 Å². The number of rotatable bonds is 5. The summed E-state index contributed by atoms with van der Waals surface area (Å²) in [4.78, 5) is 16.6. The van der Waals surface area contributed by atoms with Crippen LogP contribution in [0.5, 0.6) is 0 Å². The summed E-state index contributed by atoms with van der Waals surface area (Å²) < 4.78 is 5.06. The number of aryl methyl sites for hydroxylation is 1. The van der Waals surface area contributed by atoms with Crippen LogP contribution in [0.25, 0.3) is 0 Å². The highest BCUT2D eigenvalue weighted by atomic mass is 16.5. The van der Waals surface area contributed by atoms with E-state index in [9.17, 15) is 4.79 Å². The van der Waals surface area contributed by atoms with Crippen LogP contribution >= 0.6 is 0 Å². The van der Waals surface area contributed by atoms with Crippen molar-refractivity contribution in [3.8, 4) is 0 Å². The van der Waals surface area contributed by atoms with Gasteiger partial charge in [0.1, 0.15) is 0 Å². The van der Waals surface area contributed by atoms with Crippen LogP contribution in [0.15, 0.2) is 4.52 Å². The first-order chi connectivity index (χ1) is 10.7. The van der Waals surface area contributed by atoms with Gasteiger partial charge in [0.15, 0.2) is 5.82 Å². The van der Waals surface area contributed by atoms with Crippen LogP contribution in [0.4, 0.5) is 0 Å². The highest BCUT2D eigenvalue weighted by molar-refractivity contribution is 5.78. The third-order valence-electron chi connectivity index (χ3n) is 5.24. The number of hydrogen-bond donors (Lipinski definition) is 2. The fraction of sp³-hybridized carbons (Fsp3) is 0.812. The molecule has 0 radical (unpaired) electrons. The van der Waals surface area contributed by atoms with Gasteiger partial charge in [0.2, 0.25) is 11.8 Å². The number of amides is 1. The van der Waals surface area contributed by atoms with E-state index < -0.39 is 0 Å². The third kappa shape index (κ3) is 3.32. The van der Waals surface area contributed by atoms with Crippen LogP contribution in [-0.4, -0.2) is 28.6 Å². The van der Waals surface area contributed by atoms with Crippen molar-refractivity contribution in [1.29, 1.82) is 0 Å². The molecule has 122 valence electrons. The zero-order valence-corrected chi connectivity index (χ0v) is 13.3. The second kappa shape index (κ2) is 6.77. The topological polar surface area (TPSA) is 94.0 Å². The molecule has 0 spiro atoms. The molecule has 2 aliphatic rings. The monoisotopic (exact) mass is 306 g/mol. The van der Waals surface area contributed by atoms with Gasteiger partial charge in [-0.3, -0.25) is 4.79 Å². The summed E-state index contributed by atoms with van der Waals surface area (Å²) in [5.41, 5.74) is 6.28. The van der Waals surface area contributed by atoms with Crippen molar-refractivity contribution in [3.63, 3.8) is 0 Å². The Morgan fingerprint density at radius 3 is 2.73 bits per heavy atom. The van der Waals surface area contributed by atoms with Gasteiger partial charge in [0.25, 0.3) is 0 Å². The SMILES string of the molecule is CCc1nc(CCNC(=O)C2CC3CCCC(C2)C3N)no1. The molecule has 1 aromatic heterocycles. The van der Waals surface area contributed by atoms with Gasteiger partial charge in [-0.15, -0.1) is 0 Å². The molecule has 0 saturated heterocycles. The standard InChI is InChI=1S/C16H26N4O2/c1-2-14-19-13(20-22-14)6-7-18-16(21)12-8-10-4-3-5-11(9-12)15(10)17/h10-12,15H,2-9,17H2,1H3,(H,18,21). The molecule has 2 saturated carbocycles. The normalized spacial score (nSPS) is 31.0. The lowest BCUT2D eigenvalue weighted by atomic mass is 9.65. The molecule has 2 bridgehead atoms. The maximum absolute atomic E-state index is 12.4. The molecule has 3 N–H and O–H groups in total. The molecule has 6 heteroatoms. The van der Waals surface area contributed by atoms with Crippen molar-refractivity contribution in [1.82, 2.24) is 15.5 Å². The van der Waals surface area contributed by atoms with Crippen molar-refractivity contribution in [2.24, 2.45) is 23.5 Å².